The van der Waals surface area contributed by atoms with Gasteiger partial charge < -0.3 is 19.3 Å². The van der Waals surface area contributed by atoms with E-state index in [1.807, 2.05) is 16.2 Å². The van der Waals surface area contributed by atoms with Crippen molar-refractivity contribution in [3.05, 3.63) is 21.4 Å². The lowest BCUT2D eigenvalue weighted by molar-refractivity contribution is -0.139. The Balaban J connectivity index is 1.24. The molecule has 28 heavy (non-hydrogen) atoms. The molecular formula is C22H34N2O3S. The van der Waals surface area contributed by atoms with E-state index in [0.29, 0.717) is 24.9 Å². The first-order valence-electron chi connectivity index (χ1n) is 10.9. The number of piperidine rings is 1. The molecule has 0 atom stereocenters. The van der Waals surface area contributed by atoms with Gasteiger partial charge in [0.05, 0.1) is 12.2 Å². The lowest BCUT2D eigenvalue weighted by Crippen LogP contribution is -2.55. The van der Waals surface area contributed by atoms with Crippen LogP contribution < -0.4 is 0 Å². The van der Waals surface area contributed by atoms with Crippen molar-refractivity contribution in [2.45, 2.75) is 51.0 Å². The molecule has 1 spiro atoms. The number of ether oxygens (including phenoxy) is 2. The minimum Gasteiger partial charge on any atom is -0.385 e. The predicted molar refractivity (Wildman–Crippen MR) is 112 cm³/mol. The number of likely N-dealkylation sites (tertiary alicyclic amines) is 2. The molecular weight excluding hydrogens is 372 g/mol. The number of fused-ring (bicyclic) bond motifs is 2. The second-order valence-corrected chi connectivity index (χ2v) is 9.78. The number of rotatable bonds is 7. The number of nitrogens with zero attached hydrogens (tertiary/aromatic N) is 2. The number of thiophene rings is 1. The average Bonchev–Trinajstić information content (AvgIpc) is 3.11. The highest BCUT2D eigenvalue weighted by Gasteiger charge is 2.42. The summed E-state index contributed by atoms with van der Waals surface area (Å²) < 4.78 is 11.4. The van der Waals surface area contributed by atoms with Crippen LogP contribution >= 0.6 is 11.3 Å². The van der Waals surface area contributed by atoms with E-state index < -0.39 is 0 Å². The zero-order valence-electron chi connectivity index (χ0n) is 17.4. The van der Waals surface area contributed by atoms with E-state index in [4.69, 9.17) is 9.47 Å². The summed E-state index contributed by atoms with van der Waals surface area (Å²) in [6.45, 7) is 8.99. The molecule has 1 amide bonds. The molecule has 0 aliphatic carbocycles. The summed E-state index contributed by atoms with van der Waals surface area (Å²) in [7, 11) is 1.69. The van der Waals surface area contributed by atoms with Gasteiger partial charge >= 0.3 is 0 Å². The molecule has 2 saturated heterocycles. The predicted octanol–water partition coefficient (Wildman–Crippen LogP) is 3.06. The topological polar surface area (TPSA) is 42.0 Å². The zero-order valence-corrected chi connectivity index (χ0v) is 18.2. The van der Waals surface area contributed by atoms with Crippen molar-refractivity contribution in [1.82, 2.24) is 9.80 Å². The number of amides is 1. The highest BCUT2D eigenvalue weighted by atomic mass is 32.1. The summed E-state index contributed by atoms with van der Waals surface area (Å²) in [5, 5.41) is 0. The Kier molecular flexibility index (Phi) is 6.40. The molecule has 1 aromatic heterocycles. The first-order valence-corrected chi connectivity index (χ1v) is 11.7. The molecule has 0 aromatic carbocycles. The second-order valence-electron chi connectivity index (χ2n) is 8.56. The minimum absolute atomic E-state index is 0.0308. The molecule has 3 aliphatic rings. The number of carbonyl (C=O) groups excluding carboxylic acids is 1. The summed E-state index contributed by atoms with van der Waals surface area (Å²) in [6, 6.07) is 2.42. The minimum atomic E-state index is -0.0308. The third-order valence-corrected chi connectivity index (χ3v) is 7.98. The monoisotopic (exact) mass is 406 g/mol. The van der Waals surface area contributed by atoms with Crippen LogP contribution in [0.25, 0.3) is 0 Å². The van der Waals surface area contributed by atoms with E-state index in [1.165, 1.54) is 10.4 Å². The van der Waals surface area contributed by atoms with Crippen LogP contribution in [0.5, 0.6) is 0 Å². The van der Waals surface area contributed by atoms with Crippen molar-refractivity contribution < 1.29 is 14.3 Å². The fourth-order valence-corrected chi connectivity index (χ4v) is 6.11. The fraction of sp³-hybridized carbons (Fsp3) is 0.773. The van der Waals surface area contributed by atoms with Crippen LogP contribution in [-0.2, 0) is 32.7 Å². The molecule has 0 N–H and O–H groups in total. The number of hydrogen-bond acceptors (Lipinski definition) is 5. The third-order valence-electron chi connectivity index (χ3n) is 6.64. The lowest BCUT2D eigenvalue weighted by Gasteiger charge is -2.47. The van der Waals surface area contributed by atoms with Gasteiger partial charge in [-0.15, -0.1) is 11.3 Å². The highest BCUT2D eigenvalue weighted by molar-refractivity contribution is 7.12. The molecule has 0 radical (unpaired) electrons. The molecule has 156 valence electrons. The van der Waals surface area contributed by atoms with Crippen LogP contribution in [-0.4, -0.2) is 68.8 Å². The van der Waals surface area contributed by atoms with Crippen molar-refractivity contribution in [3.8, 4) is 0 Å². The zero-order chi connectivity index (χ0) is 19.6. The van der Waals surface area contributed by atoms with Gasteiger partial charge in [-0.05, 0) is 37.3 Å². The standard InChI is InChI=1S/C22H34N2O3S/c1-3-18-13-19-20(28-18)6-12-27-22(19)7-9-23(10-8-22)14-17-15-24(16-17)21(25)5-4-11-26-2/h13,17H,3-12,14-16H2,1-2H3. The van der Waals surface area contributed by atoms with E-state index in [1.54, 1.807) is 12.0 Å². The van der Waals surface area contributed by atoms with Gasteiger partial charge in [0.25, 0.3) is 0 Å². The summed E-state index contributed by atoms with van der Waals surface area (Å²) >= 11 is 2.00. The summed E-state index contributed by atoms with van der Waals surface area (Å²) in [5.74, 6) is 0.925. The molecule has 2 fully saturated rings. The molecule has 3 aliphatic heterocycles. The smallest absolute Gasteiger partial charge is 0.222 e. The van der Waals surface area contributed by atoms with Crippen molar-refractivity contribution in [1.29, 1.82) is 0 Å². The fourth-order valence-electron chi connectivity index (χ4n) is 4.94. The Labute approximate surface area is 173 Å². The van der Waals surface area contributed by atoms with Crippen LogP contribution in [0, 0.1) is 5.92 Å². The maximum atomic E-state index is 12.1. The van der Waals surface area contributed by atoms with Crippen LogP contribution in [0.3, 0.4) is 0 Å². The van der Waals surface area contributed by atoms with Gasteiger partial charge in [0.2, 0.25) is 5.91 Å². The molecule has 6 heteroatoms. The largest absolute Gasteiger partial charge is 0.385 e. The van der Waals surface area contributed by atoms with Crippen LogP contribution in [0.15, 0.2) is 6.07 Å². The molecule has 4 heterocycles. The van der Waals surface area contributed by atoms with Gasteiger partial charge in [-0.1, -0.05) is 6.92 Å². The van der Waals surface area contributed by atoms with Gasteiger partial charge in [-0.3, -0.25) is 4.79 Å². The van der Waals surface area contributed by atoms with Crippen molar-refractivity contribution in [2.75, 3.05) is 53.0 Å². The first-order chi connectivity index (χ1) is 13.6. The molecule has 0 unspecified atom stereocenters. The van der Waals surface area contributed by atoms with Crippen LogP contribution in [0.2, 0.25) is 0 Å². The Bertz CT molecular complexity index is 675. The maximum absolute atomic E-state index is 12.1. The van der Waals surface area contributed by atoms with E-state index in [9.17, 15) is 4.79 Å². The summed E-state index contributed by atoms with van der Waals surface area (Å²) in [5.41, 5.74) is 1.47. The average molecular weight is 407 g/mol. The Morgan fingerprint density at radius 1 is 1.36 bits per heavy atom. The number of methoxy groups -OCH3 is 1. The van der Waals surface area contributed by atoms with Crippen molar-refractivity contribution >= 4 is 17.2 Å². The summed E-state index contributed by atoms with van der Waals surface area (Å²) in [6.07, 6.45) is 5.87. The first kappa shape index (κ1) is 20.3. The third kappa shape index (κ3) is 4.16. The Hall–Kier alpha value is -0.950. The second kappa shape index (κ2) is 8.82. The lowest BCUT2D eigenvalue weighted by atomic mass is 9.82. The molecule has 0 saturated carbocycles. The summed E-state index contributed by atoms with van der Waals surface area (Å²) in [4.78, 5) is 19.8. The number of carbonyl (C=O) groups is 1. The van der Waals surface area contributed by atoms with Crippen LogP contribution in [0.4, 0.5) is 0 Å². The number of hydrogen-bond donors (Lipinski definition) is 0. The number of aryl methyl sites for hydroxylation is 1. The van der Waals surface area contributed by atoms with Gasteiger partial charge in [-0.25, -0.2) is 0 Å². The Morgan fingerprint density at radius 2 is 2.14 bits per heavy atom. The van der Waals surface area contributed by atoms with Crippen molar-refractivity contribution in [2.24, 2.45) is 5.92 Å². The van der Waals surface area contributed by atoms with E-state index in [-0.39, 0.29) is 5.60 Å². The van der Waals surface area contributed by atoms with Gasteiger partial charge in [0, 0.05) is 75.0 Å². The van der Waals surface area contributed by atoms with Crippen molar-refractivity contribution in [3.63, 3.8) is 0 Å². The van der Waals surface area contributed by atoms with E-state index in [2.05, 4.69) is 17.9 Å². The maximum Gasteiger partial charge on any atom is 0.222 e. The molecule has 1 aromatic rings. The molecule has 4 rings (SSSR count). The highest BCUT2D eigenvalue weighted by Crippen LogP contribution is 2.44. The van der Waals surface area contributed by atoms with Crippen LogP contribution in [0.1, 0.15) is 47.9 Å². The van der Waals surface area contributed by atoms with Gasteiger partial charge in [0.15, 0.2) is 0 Å². The van der Waals surface area contributed by atoms with E-state index >= 15 is 0 Å². The molecule has 5 nitrogen and oxygen atoms in total. The van der Waals surface area contributed by atoms with Gasteiger partial charge in [-0.2, -0.15) is 0 Å². The Morgan fingerprint density at radius 3 is 2.86 bits per heavy atom. The quantitative estimate of drug-likeness (QED) is 0.653. The van der Waals surface area contributed by atoms with Gasteiger partial charge in [0.1, 0.15) is 0 Å². The SMILES string of the molecule is CCc1cc2c(s1)CCOC21CCN(CC2CN(C(=O)CCCOC)C2)CC1. The van der Waals surface area contributed by atoms with E-state index in [0.717, 1.165) is 71.4 Å². The molecule has 0 bridgehead atoms. The normalized spacial score (nSPS) is 22.3.